The van der Waals surface area contributed by atoms with Gasteiger partial charge in [0.1, 0.15) is 0 Å². The number of aliphatic hydroxyl groups is 1. The van der Waals surface area contributed by atoms with Crippen molar-refractivity contribution in [2.75, 3.05) is 13.1 Å². The van der Waals surface area contributed by atoms with Crippen molar-refractivity contribution in [1.82, 2.24) is 5.32 Å². The van der Waals surface area contributed by atoms with Crippen LogP contribution in [0, 0.1) is 0 Å². The third-order valence-electron chi connectivity index (χ3n) is 3.11. The highest BCUT2D eigenvalue weighted by Crippen LogP contribution is 2.31. The summed E-state index contributed by atoms with van der Waals surface area (Å²) >= 11 is 0. The third kappa shape index (κ3) is 2.79. The molecule has 0 aromatic heterocycles. The van der Waals surface area contributed by atoms with Crippen LogP contribution in [0.3, 0.4) is 0 Å². The second-order valence-corrected chi connectivity index (χ2v) is 4.29. The van der Waals surface area contributed by atoms with Crippen LogP contribution in [0.5, 0.6) is 0 Å². The van der Waals surface area contributed by atoms with Gasteiger partial charge in [0.15, 0.2) is 0 Å². The lowest BCUT2D eigenvalue weighted by Crippen LogP contribution is -2.38. The molecular formula is C12H14F3NO. The summed E-state index contributed by atoms with van der Waals surface area (Å²) in [5.41, 5.74) is 0.0946. The summed E-state index contributed by atoms with van der Waals surface area (Å²) in [7, 11) is 0. The van der Waals surface area contributed by atoms with Gasteiger partial charge in [-0.25, -0.2) is 0 Å². The van der Waals surface area contributed by atoms with E-state index in [1.165, 1.54) is 12.1 Å². The molecule has 2 nitrogen and oxygen atoms in total. The number of hydrogen-bond acceptors (Lipinski definition) is 2. The van der Waals surface area contributed by atoms with Gasteiger partial charge in [0.05, 0.1) is 11.7 Å². The molecule has 1 aromatic rings. The average Bonchev–Trinajstić information content (AvgIpc) is 2.29. The molecule has 94 valence electrons. The first-order chi connectivity index (χ1) is 7.98. The van der Waals surface area contributed by atoms with Crippen LogP contribution < -0.4 is 5.32 Å². The van der Waals surface area contributed by atoms with E-state index < -0.39 is 17.8 Å². The quantitative estimate of drug-likeness (QED) is 0.794. The molecule has 0 saturated carbocycles. The molecule has 1 fully saturated rings. The lowest BCUT2D eigenvalue weighted by Gasteiger charge is -2.28. The summed E-state index contributed by atoms with van der Waals surface area (Å²) in [6.07, 6.45) is -4.15. The molecule has 5 heteroatoms. The highest BCUT2D eigenvalue weighted by molar-refractivity contribution is 5.28. The van der Waals surface area contributed by atoms with Crippen molar-refractivity contribution >= 4 is 0 Å². The molecule has 0 spiro atoms. The molecule has 17 heavy (non-hydrogen) atoms. The summed E-state index contributed by atoms with van der Waals surface area (Å²) in [4.78, 5) is 0. The molecule has 1 aliphatic rings. The van der Waals surface area contributed by atoms with Crippen LogP contribution in [0.1, 0.15) is 23.5 Å². The topological polar surface area (TPSA) is 32.3 Å². The molecule has 2 rings (SSSR count). The van der Waals surface area contributed by atoms with Gasteiger partial charge in [-0.1, -0.05) is 12.1 Å². The van der Waals surface area contributed by atoms with Gasteiger partial charge in [-0.15, -0.1) is 0 Å². The molecule has 0 aliphatic carbocycles. The predicted molar refractivity (Wildman–Crippen MR) is 57.7 cm³/mol. The SMILES string of the molecule is OC1CCNCC1c1ccc(C(F)(F)F)cc1. The largest absolute Gasteiger partial charge is 0.416 e. The Kier molecular flexibility index (Phi) is 3.40. The molecule has 1 aliphatic heterocycles. The standard InChI is InChI=1S/C12H14F3NO/c13-12(14,15)9-3-1-8(2-4-9)10-7-16-6-5-11(10)17/h1-4,10-11,16-17H,5-7H2. The summed E-state index contributed by atoms with van der Waals surface area (Å²) < 4.78 is 37.1. The van der Waals surface area contributed by atoms with Gasteiger partial charge in [-0.05, 0) is 30.7 Å². The van der Waals surface area contributed by atoms with E-state index in [-0.39, 0.29) is 5.92 Å². The van der Waals surface area contributed by atoms with Crippen molar-refractivity contribution in [2.45, 2.75) is 24.6 Å². The Morgan fingerprint density at radius 3 is 2.35 bits per heavy atom. The van der Waals surface area contributed by atoms with Crippen LogP contribution in [0.25, 0.3) is 0 Å². The zero-order valence-corrected chi connectivity index (χ0v) is 9.17. The highest BCUT2D eigenvalue weighted by atomic mass is 19.4. The number of rotatable bonds is 1. The first kappa shape index (κ1) is 12.4. The van der Waals surface area contributed by atoms with Gasteiger partial charge < -0.3 is 10.4 Å². The maximum Gasteiger partial charge on any atom is 0.416 e. The van der Waals surface area contributed by atoms with E-state index in [0.717, 1.165) is 24.2 Å². The summed E-state index contributed by atoms with van der Waals surface area (Å²) in [6, 6.07) is 5.03. The highest BCUT2D eigenvalue weighted by Gasteiger charge is 2.31. The number of halogens is 3. The lowest BCUT2D eigenvalue weighted by molar-refractivity contribution is -0.137. The Labute approximate surface area is 97.5 Å². The zero-order valence-electron chi connectivity index (χ0n) is 9.17. The molecule has 1 saturated heterocycles. The van der Waals surface area contributed by atoms with E-state index in [4.69, 9.17) is 0 Å². The van der Waals surface area contributed by atoms with E-state index >= 15 is 0 Å². The second kappa shape index (κ2) is 4.66. The van der Waals surface area contributed by atoms with Crippen molar-refractivity contribution in [2.24, 2.45) is 0 Å². The molecule has 1 heterocycles. The zero-order chi connectivity index (χ0) is 12.5. The van der Waals surface area contributed by atoms with Gasteiger partial charge in [-0.2, -0.15) is 13.2 Å². The minimum atomic E-state index is -4.30. The molecule has 2 N–H and O–H groups in total. The maximum absolute atomic E-state index is 12.4. The molecule has 2 unspecified atom stereocenters. The normalized spacial score (nSPS) is 25.9. The Morgan fingerprint density at radius 2 is 1.82 bits per heavy atom. The number of aliphatic hydroxyl groups excluding tert-OH is 1. The third-order valence-corrected chi connectivity index (χ3v) is 3.11. The Hall–Kier alpha value is -1.07. The van der Waals surface area contributed by atoms with Crippen LogP contribution in [0.2, 0.25) is 0 Å². The first-order valence-electron chi connectivity index (χ1n) is 5.54. The molecule has 1 aromatic carbocycles. The number of nitrogens with one attached hydrogen (secondary N) is 1. The van der Waals surface area contributed by atoms with Crippen LogP contribution in [-0.2, 0) is 6.18 Å². The molecule has 0 bridgehead atoms. The number of piperidine rings is 1. The number of alkyl halides is 3. The Morgan fingerprint density at radius 1 is 1.18 bits per heavy atom. The van der Waals surface area contributed by atoms with E-state index in [9.17, 15) is 18.3 Å². The maximum atomic E-state index is 12.4. The smallest absolute Gasteiger partial charge is 0.392 e. The Balaban J connectivity index is 2.17. The first-order valence-corrected chi connectivity index (χ1v) is 5.54. The fraction of sp³-hybridized carbons (Fsp3) is 0.500. The van der Waals surface area contributed by atoms with Crippen molar-refractivity contribution in [3.63, 3.8) is 0 Å². The minimum absolute atomic E-state index is 0.119. The van der Waals surface area contributed by atoms with E-state index in [1.54, 1.807) is 0 Å². The Bertz CT molecular complexity index is 374. The fourth-order valence-corrected chi connectivity index (χ4v) is 2.10. The van der Waals surface area contributed by atoms with Crippen molar-refractivity contribution in [3.8, 4) is 0 Å². The molecular weight excluding hydrogens is 231 g/mol. The van der Waals surface area contributed by atoms with E-state index in [2.05, 4.69) is 5.32 Å². The molecule has 2 atom stereocenters. The van der Waals surface area contributed by atoms with Gasteiger partial charge in [-0.3, -0.25) is 0 Å². The van der Waals surface area contributed by atoms with E-state index in [1.807, 2.05) is 0 Å². The summed E-state index contributed by atoms with van der Waals surface area (Å²) in [5.74, 6) is -0.119. The van der Waals surface area contributed by atoms with Gasteiger partial charge in [0.2, 0.25) is 0 Å². The van der Waals surface area contributed by atoms with Crippen molar-refractivity contribution in [1.29, 1.82) is 0 Å². The van der Waals surface area contributed by atoms with Crippen molar-refractivity contribution < 1.29 is 18.3 Å². The minimum Gasteiger partial charge on any atom is -0.392 e. The average molecular weight is 245 g/mol. The van der Waals surface area contributed by atoms with Crippen LogP contribution in [0.4, 0.5) is 13.2 Å². The van der Waals surface area contributed by atoms with Crippen LogP contribution in [0.15, 0.2) is 24.3 Å². The van der Waals surface area contributed by atoms with Gasteiger partial charge in [0.25, 0.3) is 0 Å². The van der Waals surface area contributed by atoms with Crippen LogP contribution >= 0.6 is 0 Å². The fourth-order valence-electron chi connectivity index (χ4n) is 2.10. The number of benzene rings is 1. The molecule has 0 amide bonds. The van der Waals surface area contributed by atoms with Crippen LogP contribution in [-0.4, -0.2) is 24.3 Å². The predicted octanol–water partition coefficient (Wildman–Crippen LogP) is 2.14. The molecule has 0 radical (unpaired) electrons. The van der Waals surface area contributed by atoms with Crippen molar-refractivity contribution in [3.05, 3.63) is 35.4 Å². The summed E-state index contributed by atoms with van der Waals surface area (Å²) in [6.45, 7) is 1.35. The van der Waals surface area contributed by atoms with Gasteiger partial charge in [0, 0.05) is 12.5 Å². The van der Waals surface area contributed by atoms with Gasteiger partial charge >= 0.3 is 6.18 Å². The van der Waals surface area contributed by atoms with E-state index in [0.29, 0.717) is 13.0 Å². The lowest BCUT2D eigenvalue weighted by atomic mass is 9.88. The monoisotopic (exact) mass is 245 g/mol. The number of hydrogen-bond donors (Lipinski definition) is 2. The second-order valence-electron chi connectivity index (χ2n) is 4.29. The summed E-state index contributed by atoms with van der Waals surface area (Å²) in [5, 5.41) is 12.9.